The highest BCUT2D eigenvalue weighted by Gasteiger charge is 2.51. The Bertz CT molecular complexity index is 1070. The van der Waals surface area contributed by atoms with Gasteiger partial charge in [-0.05, 0) is 68.0 Å². The van der Waals surface area contributed by atoms with Crippen LogP contribution in [0.25, 0.3) is 0 Å². The third-order valence-corrected chi connectivity index (χ3v) is 6.02. The summed E-state index contributed by atoms with van der Waals surface area (Å²) in [7, 11) is 0. The van der Waals surface area contributed by atoms with Crippen LogP contribution in [-0.4, -0.2) is 47.7 Å². The lowest BCUT2D eigenvalue weighted by molar-refractivity contribution is -0.139. The zero-order valence-corrected chi connectivity index (χ0v) is 19.6. The predicted molar refractivity (Wildman–Crippen MR) is 115 cm³/mol. The molecule has 0 N–H and O–H groups in total. The first kappa shape index (κ1) is 21.9. The van der Waals surface area contributed by atoms with Crippen LogP contribution in [-0.2, 0) is 23.8 Å². The van der Waals surface area contributed by atoms with Crippen molar-refractivity contribution in [2.75, 3.05) is 13.2 Å². The van der Waals surface area contributed by atoms with E-state index in [-0.39, 0.29) is 30.1 Å². The maximum atomic E-state index is 13.9. The molecule has 7 nitrogen and oxygen atoms in total. The van der Waals surface area contributed by atoms with E-state index in [0.29, 0.717) is 20.5 Å². The van der Waals surface area contributed by atoms with Crippen LogP contribution >= 0.6 is 22.6 Å². The highest BCUT2D eigenvalue weighted by Crippen LogP contribution is 2.48. The van der Waals surface area contributed by atoms with E-state index in [1.165, 1.54) is 11.0 Å². The number of hydrogen-bond donors (Lipinski definition) is 0. The summed E-state index contributed by atoms with van der Waals surface area (Å²) in [6.07, 6.45) is -1.45. The number of amides is 1. The number of hydrogen-bond acceptors (Lipinski definition) is 6. The summed E-state index contributed by atoms with van der Waals surface area (Å²) in [5.41, 5.74) is 0.865. The molecular formula is C22H21FINO6. The first-order valence-electron chi connectivity index (χ1n) is 9.76. The average molecular weight is 541 g/mol. The first-order chi connectivity index (χ1) is 14.5. The number of nitrogens with zero attached hydrogens (tertiary/aromatic N) is 1. The third-order valence-electron chi connectivity index (χ3n) is 5.19. The molecule has 3 heterocycles. The van der Waals surface area contributed by atoms with Gasteiger partial charge in [-0.25, -0.2) is 18.9 Å². The maximum Gasteiger partial charge on any atom is 0.419 e. The molecule has 2 atom stereocenters. The van der Waals surface area contributed by atoms with E-state index in [1.54, 1.807) is 39.8 Å². The Kier molecular flexibility index (Phi) is 5.45. The summed E-state index contributed by atoms with van der Waals surface area (Å²) in [6, 6.07) is 4.43. The smallest absolute Gasteiger partial charge is 0.419 e. The molecule has 3 aliphatic heterocycles. The van der Waals surface area contributed by atoms with Crippen LogP contribution in [0.1, 0.15) is 39.2 Å². The third kappa shape index (κ3) is 3.78. The van der Waals surface area contributed by atoms with Gasteiger partial charge in [0.05, 0.1) is 23.6 Å². The molecule has 0 spiro atoms. The fraction of sp³-hybridized carbons (Fsp3) is 0.409. The normalized spacial score (nSPS) is 23.6. The monoisotopic (exact) mass is 541 g/mol. The summed E-state index contributed by atoms with van der Waals surface area (Å²) in [5.74, 6) is -2.16. The largest absolute Gasteiger partial charge is 0.453 e. The molecule has 0 fully saturated rings. The summed E-state index contributed by atoms with van der Waals surface area (Å²) in [5, 5.41) is 0. The number of halogens is 2. The Balaban J connectivity index is 1.96. The molecule has 0 aliphatic carbocycles. The number of carbonyl (C=O) groups excluding carboxylic acids is 3. The number of rotatable bonds is 1. The molecule has 0 unspecified atom stereocenters. The first-order valence-corrected chi connectivity index (χ1v) is 10.8. The number of cyclic esters (lactones) is 1. The lowest BCUT2D eigenvalue weighted by atomic mass is 9.77. The minimum Gasteiger partial charge on any atom is -0.453 e. The number of ether oxygens (including phenoxy) is 3. The quantitative estimate of drug-likeness (QED) is 0.398. The number of esters is 1. The van der Waals surface area contributed by atoms with Crippen molar-refractivity contribution in [3.05, 3.63) is 55.7 Å². The molecule has 1 aromatic carbocycles. The van der Waals surface area contributed by atoms with Gasteiger partial charge in [-0.3, -0.25) is 4.79 Å². The van der Waals surface area contributed by atoms with Crippen LogP contribution in [0.15, 0.2) is 40.7 Å². The molecule has 0 saturated heterocycles. The van der Waals surface area contributed by atoms with Crippen LogP contribution in [0.2, 0.25) is 0 Å². The molecule has 3 aliphatic rings. The fourth-order valence-electron chi connectivity index (χ4n) is 4.07. The van der Waals surface area contributed by atoms with Crippen LogP contribution in [0.3, 0.4) is 0 Å². The number of ketones is 1. The van der Waals surface area contributed by atoms with E-state index in [2.05, 4.69) is 0 Å². The van der Waals surface area contributed by atoms with Gasteiger partial charge in [0.2, 0.25) is 0 Å². The van der Waals surface area contributed by atoms with Crippen LogP contribution < -0.4 is 0 Å². The molecule has 164 valence electrons. The highest BCUT2D eigenvalue weighted by atomic mass is 127. The van der Waals surface area contributed by atoms with Gasteiger partial charge >= 0.3 is 12.1 Å². The lowest BCUT2D eigenvalue weighted by Gasteiger charge is -2.39. The van der Waals surface area contributed by atoms with E-state index < -0.39 is 35.5 Å². The van der Waals surface area contributed by atoms with Crippen molar-refractivity contribution < 1.29 is 33.0 Å². The van der Waals surface area contributed by atoms with Crippen molar-refractivity contribution >= 4 is 40.4 Å². The van der Waals surface area contributed by atoms with Crippen LogP contribution in [0, 0.1) is 9.39 Å². The molecule has 1 amide bonds. The van der Waals surface area contributed by atoms with Crippen molar-refractivity contribution in [1.82, 2.24) is 4.90 Å². The molecule has 0 saturated carbocycles. The average Bonchev–Trinajstić information content (AvgIpc) is 2.95. The Morgan fingerprint density at radius 1 is 1.23 bits per heavy atom. The number of Topliss-reactive ketones (excluding diaryl/α,β-unsaturated/α-hetero) is 1. The Morgan fingerprint density at radius 2 is 1.94 bits per heavy atom. The number of carbonyl (C=O) groups is 3. The van der Waals surface area contributed by atoms with Crippen LogP contribution in [0.4, 0.5) is 9.18 Å². The standard InChI is InChI=1S/C22H21FINO6/c1-10-19-18(20(27)30-10)16(11-5-6-12(23)13(24)7-11)17-14(8-29-9-15(17)26)25(19)21(28)31-22(2,3)4/h5-7,10,16H,8-9H2,1-4H3/t10-,16-/m0/s1. The van der Waals surface area contributed by atoms with Gasteiger partial charge in [0.1, 0.15) is 24.1 Å². The van der Waals surface area contributed by atoms with Crippen LogP contribution in [0.5, 0.6) is 0 Å². The van der Waals surface area contributed by atoms with E-state index >= 15 is 0 Å². The van der Waals surface area contributed by atoms with Gasteiger partial charge in [0.25, 0.3) is 0 Å². The van der Waals surface area contributed by atoms with E-state index in [1.807, 2.05) is 22.6 Å². The Labute approximate surface area is 192 Å². The molecular weight excluding hydrogens is 520 g/mol. The van der Waals surface area contributed by atoms with Gasteiger partial charge < -0.3 is 14.2 Å². The Hall–Kier alpha value is -2.27. The van der Waals surface area contributed by atoms with Gasteiger partial charge in [-0.2, -0.15) is 0 Å². The summed E-state index contributed by atoms with van der Waals surface area (Å²) >= 11 is 1.86. The van der Waals surface area contributed by atoms with Crippen molar-refractivity contribution in [2.45, 2.75) is 45.3 Å². The maximum absolute atomic E-state index is 13.9. The van der Waals surface area contributed by atoms with Crippen molar-refractivity contribution in [2.24, 2.45) is 0 Å². The number of benzene rings is 1. The molecule has 0 radical (unpaired) electrons. The van der Waals surface area contributed by atoms with Crippen molar-refractivity contribution in [1.29, 1.82) is 0 Å². The van der Waals surface area contributed by atoms with Gasteiger partial charge in [0, 0.05) is 15.1 Å². The van der Waals surface area contributed by atoms with E-state index in [9.17, 15) is 18.8 Å². The van der Waals surface area contributed by atoms with Gasteiger partial charge in [-0.15, -0.1) is 0 Å². The topological polar surface area (TPSA) is 82.1 Å². The lowest BCUT2D eigenvalue weighted by Crippen LogP contribution is -2.45. The van der Waals surface area contributed by atoms with E-state index in [0.717, 1.165) is 0 Å². The second-order valence-corrected chi connectivity index (χ2v) is 9.71. The predicted octanol–water partition coefficient (Wildman–Crippen LogP) is 3.82. The second-order valence-electron chi connectivity index (χ2n) is 8.55. The zero-order chi connectivity index (χ0) is 22.7. The fourth-order valence-corrected chi connectivity index (χ4v) is 4.61. The minimum atomic E-state index is -0.797. The molecule has 0 aromatic heterocycles. The molecule has 4 rings (SSSR count). The second kappa shape index (κ2) is 7.70. The van der Waals surface area contributed by atoms with Crippen molar-refractivity contribution in [3.63, 3.8) is 0 Å². The molecule has 1 aromatic rings. The van der Waals surface area contributed by atoms with E-state index in [4.69, 9.17) is 14.2 Å². The van der Waals surface area contributed by atoms with Gasteiger partial charge in [-0.1, -0.05) is 6.07 Å². The molecule has 31 heavy (non-hydrogen) atoms. The Morgan fingerprint density at radius 3 is 2.58 bits per heavy atom. The summed E-state index contributed by atoms with van der Waals surface area (Å²) in [6.45, 7) is 6.65. The zero-order valence-electron chi connectivity index (χ0n) is 17.5. The SMILES string of the molecule is C[C@@H]1OC(=O)C2=C1N(C(=O)OC(C)(C)C)C1=C(C(=O)COC1)[C@@H]2c1ccc(F)c(I)c1. The molecule has 0 bridgehead atoms. The van der Waals surface area contributed by atoms with Gasteiger partial charge in [0.15, 0.2) is 5.78 Å². The van der Waals surface area contributed by atoms with Crippen molar-refractivity contribution in [3.8, 4) is 0 Å². The highest BCUT2D eigenvalue weighted by molar-refractivity contribution is 14.1. The minimum absolute atomic E-state index is 0.00715. The molecule has 9 heteroatoms. The summed E-state index contributed by atoms with van der Waals surface area (Å²) in [4.78, 5) is 40.3. The summed E-state index contributed by atoms with van der Waals surface area (Å²) < 4.78 is 30.7.